The molecular weight excluding hydrogens is 132 g/mol. The molecule has 0 amide bonds. The first kappa shape index (κ1) is 8.58. The lowest BCUT2D eigenvalue weighted by Gasteiger charge is -2.29. The van der Waals surface area contributed by atoms with Crippen molar-refractivity contribution in [3.8, 4) is 0 Å². The van der Waals surface area contributed by atoms with Crippen LogP contribution in [-0.2, 0) is 0 Å². The average molecular weight is 150 g/mol. The zero-order valence-corrected chi connectivity index (χ0v) is 7.85. The summed E-state index contributed by atoms with van der Waals surface area (Å²) in [6.07, 6.45) is 10.8. The van der Waals surface area contributed by atoms with Crippen LogP contribution in [0.3, 0.4) is 0 Å². The Bertz CT molecular complexity index is 180. The molecule has 0 aliphatic heterocycles. The van der Waals surface area contributed by atoms with E-state index in [1.54, 1.807) is 0 Å². The van der Waals surface area contributed by atoms with Crippen molar-refractivity contribution < 1.29 is 0 Å². The van der Waals surface area contributed by atoms with Crippen LogP contribution in [0.25, 0.3) is 0 Å². The molecule has 0 saturated heterocycles. The van der Waals surface area contributed by atoms with Gasteiger partial charge >= 0.3 is 0 Å². The molecule has 0 saturated carbocycles. The van der Waals surface area contributed by atoms with Gasteiger partial charge in [0.2, 0.25) is 0 Å². The summed E-state index contributed by atoms with van der Waals surface area (Å²) in [5, 5.41) is 0. The molecule has 0 aromatic rings. The molecule has 11 heavy (non-hydrogen) atoms. The van der Waals surface area contributed by atoms with Crippen molar-refractivity contribution in [1.29, 1.82) is 0 Å². The van der Waals surface area contributed by atoms with Crippen molar-refractivity contribution in [2.45, 2.75) is 40.0 Å². The first-order valence-corrected chi connectivity index (χ1v) is 4.58. The van der Waals surface area contributed by atoms with Crippen molar-refractivity contribution >= 4 is 0 Å². The van der Waals surface area contributed by atoms with E-state index in [1.807, 2.05) is 0 Å². The van der Waals surface area contributed by atoms with E-state index >= 15 is 0 Å². The zero-order valence-electron chi connectivity index (χ0n) is 7.85. The summed E-state index contributed by atoms with van der Waals surface area (Å²) >= 11 is 0. The fourth-order valence-corrected chi connectivity index (χ4v) is 1.58. The van der Waals surface area contributed by atoms with Gasteiger partial charge in [-0.3, -0.25) is 0 Å². The zero-order chi connectivity index (χ0) is 8.32. The molecule has 0 unspecified atom stereocenters. The molecule has 0 radical (unpaired) electrons. The second-order valence-electron chi connectivity index (χ2n) is 3.56. The first-order chi connectivity index (χ1) is 5.22. The number of hydrogen-bond acceptors (Lipinski definition) is 0. The molecule has 0 nitrogen and oxygen atoms in total. The minimum atomic E-state index is 0.486. The van der Waals surface area contributed by atoms with Gasteiger partial charge in [-0.15, -0.1) is 0 Å². The van der Waals surface area contributed by atoms with Gasteiger partial charge in [-0.25, -0.2) is 0 Å². The molecule has 0 spiro atoms. The third-order valence-corrected chi connectivity index (χ3v) is 2.94. The van der Waals surface area contributed by atoms with Gasteiger partial charge in [0, 0.05) is 0 Å². The van der Waals surface area contributed by atoms with E-state index in [-0.39, 0.29) is 0 Å². The van der Waals surface area contributed by atoms with Crippen LogP contribution >= 0.6 is 0 Å². The molecule has 62 valence electrons. The predicted octanol–water partition coefficient (Wildman–Crippen LogP) is 3.70. The van der Waals surface area contributed by atoms with E-state index < -0.39 is 0 Å². The molecule has 0 heterocycles. The van der Waals surface area contributed by atoms with Crippen LogP contribution in [0.4, 0.5) is 0 Å². The molecular formula is C11H18. The second-order valence-corrected chi connectivity index (χ2v) is 3.56. The molecule has 0 N–H and O–H groups in total. The van der Waals surface area contributed by atoms with Crippen molar-refractivity contribution in [3.05, 3.63) is 23.8 Å². The Labute approximate surface area is 70.0 Å². The van der Waals surface area contributed by atoms with Crippen LogP contribution in [0.5, 0.6) is 0 Å². The highest BCUT2D eigenvalue weighted by molar-refractivity contribution is 5.24. The monoisotopic (exact) mass is 150 g/mol. The predicted molar refractivity (Wildman–Crippen MR) is 50.5 cm³/mol. The summed E-state index contributed by atoms with van der Waals surface area (Å²) in [6.45, 7) is 6.73. The lowest BCUT2D eigenvalue weighted by atomic mass is 9.76. The summed E-state index contributed by atoms with van der Waals surface area (Å²) in [4.78, 5) is 0. The van der Waals surface area contributed by atoms with Crippen LogP contribution in [0.15, 0.2) is 23.8 Å². The molecule has 1 aliphatic carbocycles. The highest BCUT2D eigenvalue weighted by Crippen LogP contribution is 2.36. The number of allylic oxidation sites excluding steroid dienone is 4. The van der Waals surface area contributed by atoms with Crippen molar-refractivity contribution in [1.82, 2.24) is 0 Å². The molecule has 0 heteroatoms. The van der Waals surface area contributed by atoms with Gasteiger partial charge in [0.25, 0.3) is 0 Å². The minimum absolute atomic E-state index is 0.486. The van der Waals surface area contributed by atoms with Gasteiger partial charge in [-0.05, 0) is 31.6 Å². The Morgan fingerprint density at radius 1 is 1.36 bits per heavy atom. The van der Waals surface area contributed by atoms with E-state index in [0.717, 1.165) is 0 Å². The normalized spacial score (nSPS) is 21.5. The third-order valence-electron chi connectivity index (χ3n) is 2.94. The highest BCUT2D eigenvalue weighted by atomic mass is 14.3. The largest absolute Gasteiger partial charge is 0.0807 e. The van der Waals surface area contributed by atoms with Gasteiger partial charge in [0.15, 0.2) is 0 Å². The smallest absolute Gasteiger partial charge is 0.00856 e. The molecule has 0 atom stereocenters. The van der Waals surface area contributed by atoms with Crippen LogP contribution in [0, 0.1) is 5.41 Å². The van der Waals surface area contributed by atoms with Crippen LogP contribution < -0.4 is 0 Å². The maximum atomic E-state index is 2.39. The summed E-state index contributed by atoms with van der Waals surface area (Å²) < 4.78 is 0. The van der Waals surface area contributed by atoms with Crippen molar-refractivity contribution in [2.24, 2.45) is 5.41 Å². The summed E-state index contributed by atoms with van der Waals surface area (Å²) in [5.41, 5.74) is 1.90. The van der Waals surface area contributed by atoms with E-state index in [2.05, 4.69) is 39.0 Å². The molecule has 0 aromatic carbocycles. The summed E-state index contributed by atoms with van der Waals surface area (Å²) in [6, 6.07) is 0. The molecule has 1 aliphatic rings. The summed E-state index contributed by atoms with van der Waals surface area (Å²) in [5.74, 6) is 0. The van der Waals surface area contributed by atoms with Crippen LogP contribution in [-0.4, -0.2) is 0 Å². The second kappa shape index (κ2) is 3.25. The van der Waals surface area contributed by atoms with Gasteiger partial charge < -0.3 is 0 Å². The highest BCUT2D eigenvalue weighted by Gasteiger charge is 2.22. The minimum Gasteiger partial charge on any atom is -0.0807 e. The number of rotatable bonds is 2. The van der Waals surface area contributed by atoms with Crippen LogP contribution in [0.2, 0.25) is 0 Å². The maximum Gasteiger partial charge on any atom is -0.00856 e. The van der Waals surface area contributed by atoms with E-state index in [4.69, 9.17) is 0 Å². The molecule has 0 bridgehead atoms. The lowest BCUT2D eigenvalue weighted by molar-refractivity contribution is 0.353. The molecule has 0 aromatic heterocycles. The van der Waals surface area contributed by atoms with Crippen molar-refractivity contribution in [2.75, 3.05) is 0 Å². The fraction of sp³-hybridized carbons (Fsp3) is 0.636. The third kappa shape index (κ3) is 1.74. The summed E-state index contributed by atoms with van der Waals surface area (Å²) in [7, 11) is 0. The lowest BCUT2D eigenvalue weighted by Crippen LogP contribution is -2.16. The van der Waals surface area contributed by atoms with E-state index in [1.165, 1.54) is 24.8 Å². The first-order valence-electron chi connectivity index (χ1n) is 4.58. The van der Waals surface area contributed by atoms with Gasteiger partial charge in [-0.1, -0.05) is 37.6 Å². The van der Waals surface area contributed by atoms with Crippen molar-refractivity contribution in [3.63, 3.8) is 0 Å². The quantitative estimate of drug-likeness (QED) is 0.563. The van der Waals surface area contributed by atoms with Gasteiger partial charge in [0.1, 0.15) is 0 Å². The molecule has 1 rings (SSSR count). The SMILES string of the molecule is CCC1(CC)C=CC(C)=CC1. The maximum absolute atomic E-state index is 2.39. The molecule has 0 fully saturated rings. The average Bonchev–Trinajstić information content (AvgIpc) is 2.07. The van der Waals surface area contributed by atoms with Gasteiger partial charge in [-0.2, -0.15) is 0 Å². The fourth-order valence-electron chi connectivity index (χ4n) is 1.58. The van der Waals surface area contributed by atoms with E-state index in [0.29, 0.717) is 5.41 Å². The standard InChI is InChI=1S/C11H18/c1-4-11(5-2)8-6-10(3)7-9-11/h6-8H,4-5,9H2,1-3H3. The van der Waals surface area contributed by atoms with Gasteiger partial charge in [0.05, 0.1) is 0 Å². The van der Waals surface area contributed by atoms with E-state index in [9.17, 15) is 0 Å². The Morgan fingerprint density at radius 2 is 2.00 bits per heavy atom. The Kier molecular flexibility index (Phi) is 2.53. The number of hydrogen-bond donors (Lipinski definition) is 0. The topological polar surface area (TPSA) is 0 Å². The Balaban J connectivity index is 2.71. The Morgan fingerprint density at radius 3 is 2.36 bits per heavy atom. The Hall–Kier alpha value is -0.520. The van der Waals surface area contributed by atoms with Crippen LogP contribution in [0.1, 0.15) is 40.0 Å².